The third kappa shape index (κ3) is 2.91. The monoisotopic (exact) mass is 227 g/mol. The highest BCUT2D eigenvalue weighted by molar-refractivity contribution is 7.99. The molecule has 88 valence electrons. The molecule has 0 aromatic carbocycles. The van der Waals surface area contributed by atoms with E-state index in [0.717, 1.165) is 23.3 Å². The Morgan fingerprint density at radius 3 is 2.73 bits per heavy atom. The van der Waals surface area contributed by atoms with Gasteiger partial charge in [0.05, 0.1) is 0 Å². The highest BCUT2D eigenvalue weighted by atomic mass is 32.2. The quantitative estimate of drug-likeness (QED) is 0.789. The van der Waals surface area contributed by atoms with Crippen LogP contribution in [-0.2, 0) is 0 Å². The Morgan fingerprint density at radius 1 is 1.20 bits per heavy atom. The van der Waals surface area contributed by atoms with E-state index in [2.05, 4.69) is 30.3 Å². The molecule has 1 nitrogen and oxygen atoms in total. The molecule has 0 saturated heterocycles. The summed E-state index contributed by atoms with van der Waals surface area (Å²) in [6, 6.07) is 1.66. The van der Waals surface area contributed by atoms with E-state index < -0.39 is 0 Å². The molecule has 0 aromatic rings. The molecular weight excluding hydrogens is 202 g/mol. The zero-order valence-corrected chi connectivity index (χ0v) is 11.0. The molecule has 2 heteroatoms. The van der Waals surface area contributed by atoms with Crippen LogP contribution in [0.25, 0.3) is 0 Å². The number of thioether (sulfide) groups is 1. The smallest absolute Gasteiger partial charge is 0.0198 e. The first-order valence-electron chi connectivity index (χ1n) is 6.62. The Morgan fingerprint density at radius 2 is 2.07 bits per heavy atom. The van der Waals surface area contributed by atoms with Crippen molar-refractivity contribution in [3.8, 4) is 0 Å². The van der Waals surface area contributed by atoms with Crippen LogP contribution in [0.1, 0.15) is 51.9 Å². The molecule has 0 radical (unpaired) electrons. The van der Waals surface area contributed by atoms with Gasteiger partial charge >= 0.3 is 0 Å². The van der Waals surface area contributed by atoms with Crippen molar-refractivity contribution in [1.82, 2.24) is 5.32 Å². The van der Waals surface area contributed by atoms with Crippen molar-refractivity contribution in [2.24, 2.45) is 5.92 Å². The Kier molecular flexibility index (Phi) is 4.39. The minimum absolute atomic E-state index is 0.820. The lowest BCUT2D eigenvalue weighted by molar-refractivity contribution is 0.422. The van der Waals surface area contributed by atoms with Crippen LogP contribution in [-0.4, -0.2) is 23.6 Å². The SMILES string of the molecule is CCC1CCC(NC2CCCC2SC)C1. The minimum atomic E-state index is 0.820. The van der Waals surface area contributed by atoms with Crippen molar-refractivity contribution in [2.45, 2.75) is 69.2 Å². The molecule has 1 N–H and O–H groups in total. The number of nitrogens with one attached hydrogen (secondary N) is 1. The van der Waals surface area contributed by atoms with Crippen LogP contribution in [0.3, 0.4) is 0 Å². The highest BCUT2D eigenvalue weighted by Gasteiger charge is 2.31. The third-order valence-corrected chi connectivity index (χ3v) is 5.49. The van der Waals surface area contributed by atoms with Gasteiger partial charge in [-0.1, -0.05) is 19.8 Å². The molecule has 2 aliphatic carbocycles. The summed E-state index contributed by atoms with van der Waals surface area (Å²) in [5.41, 5.74) is 0. The van der Waals surface area contributed by atoms with Crippen molar-refractivity contribution < 1.29 is 0 Å². The fourth-order valence-electron chi connectivity index (χ4n) is 3.30. The van der Waals surface area contributed by atoms with E-state index in [0.29, 0.717) is 0 Å². The van der Waals surface area contributed by atoms with E-state index >= 15 is 0 Å². The van der Waals surface area contributed by atoms with Crippen LogP contribution in [0.4, 0.5) is 0 Å². The van der Waals surface area contributed by atoms with Crippen molar-refractivity contribution in [3.63, 3.8) is 0 Å². The largest absolute Gasteiger partial charge is 0.310 e. The molecule has 0 heterocycles. The second kappa shape index (κ2) is 5.58. The first-order chi connectivity index (χ1) is 7.33. The second-order valence-electron chi connectivity index (χ2n) is 5.26. The first kappa shape index (κ1) is 11.8. The zero-order valence-electron chi connectivity index (χ0n) is 10.2. The number of rotatable bonds is 4. The normalized spacial score (nSPS) is 41.2. The first-order valence-corrected chi connectivity index (χ1v) is 7.91. The molecule has 2 rings (SSSR count). The molecule has 0 bridgehead atoms. The van der Waals surface area contributed by atoms with E-state index in [1.807, 2.05) is 0 Å². The summed E-state index contributed by atoms with van der Waals surface area (Å²) in [4.78, 5) is 0. The van der Waals surface area contributed by atoms with Gasteiger partial charge in [-0.05, 0) is 44.3 Å². The van der Waals surface area contributed by atoms with Gasteiger partial charge in [0.15, 0.2) is 0 Å². The predicted octanol–water partition coefficient (Wildman–Crippen LogP) is 3.44. The van der Waals surface area contributed by atoms with Crippen LogP contribution >= 0.6 is 11.8 Å². The Bertz CT molecular complexity index is 195. The summed E-state index contributed by atoms with van der Waals surface area (Å²) in [7, 11) is 0. The number of hydrogen-bond donors (Lipinski definition) is 1. The van der Waals surface area contributed by atoms with E-state index in [4.69, 9.17) is 0 Å². The van der Waals surface area contributed by atoms with Crippen molar-refractivity contribution in [1.29, 1.82) is 0 Å². The van der Waals surface area contributed by atoms with E-state index in [1.165, 1.54) is 44.9 Å². The summed E-state index contributed by atoms with van der Waals surface area (Å²) >= 11 is 2.07. The van der Waals surface area contributed by atoms with Crippen LogP contribution in [0.5, 0.6) is 0 Å². The topological polar surface area (TPSA) is 12.0 Å². The van der Waals surface area contributed by atoms with Gasteiger partial charge in [0.25, 0.3) is 0 Å². The van der Waals surface area contributed by atoms with Crippen molar-refractivity contribution >= 4 is 11.8 Å². The second-order valence-corrected chi connectivity index (χ2v) is 6.34. The van der Waals surface area contributed by atoms with Crippen LogP contribution < -0.4 is 5.32 Å². The molecule has 2 aliphatic rings. The summed E-state index contributed by atoms with van der Waals surface area (Å²) in [6.45, 7) is 2.34. The molecule has 4 atom stereocenters. The Labute approximate surface area is 98.8 Å². The van der Waals surface area contributed by atoms with Crippen molar-refractivity contribution in [3.05, 3.63) is 0 Å². The predicted molar refractivity (Wildman–Crippen MR) is 69.5 cm³/mol. The number of hydrogen-bond acceptors (Lipinski definition) is 2. The van der Waals surface area contributed by atoms with Gasteiger partial charge in [-0.3, -0.25) is 0 Å². The maximum Gasteiger partial charge on any atom is 0.0198 e. The summed E-state index contributed by atoms with van der Waals surface area (Å²) < 4.78 is 0. The lowest BCUT2D eigenvalue weighted by atomic mass is 10.1. The average molecular weight is 227 g/mol. The highest BCUT2D eigenvalue weighted by Crippen LogP contribution is 2.32. The molecule has 0 amide bonds. The summed E-state index contributed by atoms with van der Waals surface area (Å²) in [6.07, 6.45) is 12.3. The van der Waals surface area contributed by atoms with Gasteiger partial charge in [-0.15, -0.1) is 0 Å². The Hall–Kier alpha value is 0.310. The van der Waals surface area contributed by atoms with Gasteiger partial charge in [0.1, 0.15) is 0 Å². The van der Waals surface area contributed by atoms with E-state index in [9.17, 15) is 0 Å². The van der Waals surface area contributed by atoms with Crippen LogP contribution in [0, 0.1) is 5.92 Å². The van der Waals surface area contributed by atoms with Crippen LogP contribution in [0.2, 0.25) is 0 Å². The van der Waals surface area contributed by atoms with Gasteiger partial charge in [-0.2, -0.15) is 11.8 Å². The lowest BCUT2D eigenvalue weighted by Gasteiger charge is -2.23. The lowest BCUT2D eigenvalue weighted by Crippen LogP contribution is -2.40. The molecule has 0 spiro atoms. The van der Waals surface area contributed by atoms with Gasteiger partial charge in [0, 0.05) is 17.3 Å². The molecular formula is C13H25NS. The molecule has 15 heavy (non-hydrogen) atoms. The Balaban J connectivity index is 1.77. The molecule has 4 unspecified atom stereocenters. The van der Waals surface area contributed by atoms with Crippen LogP contribution in [0.15, 0.2) is 0 Å². The van der Waals surface area contributed by atoms with Gasteiger partial charge < -0.3 is 5.32 Å². The van der Waals surface area contributed by atoms with E-state index in [1.54, 1.807) is 0 Å². The minimum Gasteiger partial charge on any atom is -0.310 e. The molecule has 2 fully saturated rings. The summed E-state index contributed by atoms with van der Waals surface area (Å²) in [5, 5.41) is 4.82. The standard InChI is InChI=1S/C13H25NS/c1-3-10-7-8-11(9-10)14-12-5-4-6-13(12)15-2/h10-14H,3-9H2,1-2H3. The van der Waals surface area contributed by atoms with Gasteiger partial charge in [0.2, 0.25) is 0 Å². The fourth-order valence-corrected chi connectivity index (χ4v) is 4.24. The average Bonchev–Trinajstić information content (AvgIpc) is 2.87. The van der Waals surface area contributed by atoms with E-state index in [-0.39, 0.29) is 0 Å². The van der Waals surface area contributed by atoms with Crippen molar-refractivity contribution in [2.75, 3.05) is 6.26 Å². The molecule has 2 saturated carbocycles. The van der Waals surface area contributed by atoms with Gasteiger partial charge in [-0.25, -0.2) is 0 Å². The maximum absolute atomic E-state index is 3.92. The molecule has 0 aliphatic heterocycles. The third-order valence-electron chi connectivity index (χ3n) is 4.32. The molecule has 0 aromatic heterocycles. The zero-order chi connectivity index (χ0) is 10.7. The summed E-state index contributed by atoms with van der Waals surface area (Å²) in [5.74, 6) is 1.01. The maximum atomic E-state index is 3.92. The fraction of sp³-hybridized carbons (Fsp3) is 1.00.